The quantitative estimate of drug-likeness (QED) is 0.259. The van der Waals surface area contributed by atoms with Gasteiger partial charge in [-0.1, -0.05) is 24.3 Å². The van der Waals surface area contributed by atoms with Crippen LogP contribution in [0.5, 0.6) is 5.75 Å². The van der Waals surface area contributed by atoms with Crippen LogP contribution < -0.4 is 9.64 Å². The van der Waals surface area contributed by atoms with E-state index < -0.39 is 10.9 Å². The first-order chi connectivity index (χ1) is 15.5. The predicted octanol–water partition coefficient (Wildman–Crippen LogP) is 4.19. The molecule has 0 unspecified atom stereocenters. The van der Waals surface area contributed by atoms with Gasteiger partial charge in [0.15, 0.2) is 0 Å². The molecule has 0 bridgehead atoms. The van der Waals surface area contributed by atoms with Crippen molar-refractivity contribution in [3.63, 3.8) is 0 Å². The molecule has 1 fully saturated rings. The number of non-ortho nitro benzene ring substituents is 1. The van der Waals surface area contributed by atoms with Crippen LogP contribution in [0, 0.1) is 21.4 Å². The fraction of sp³-hybridized carbons (Fsp3) is 0.167. The summed E-state index contributed by atoms with van der Waals surface area (Å²) in [5.41, 5.74) is 2.95. The van der Waals surface area contributed by atoms with Crippen LogP contribution in [0.1, 0.15) is 15.9 Å². The van der Waals surface area contributed by atoms with Crippen molar-refractivity contribution in [2.45, 2.75) is 0 Å². The van der Waals surface area contributed by atoms with Crippen LogP contribution in [-0.4, -0.2) is 37.2 Å². The first-order valence-corrected chi connectivity index (χ1v) is 9.99. The van der Waals surface area contributed by atoms with E-state index in [1.807, 2.05) is 17.0 Å². The third-order valence-corrected chi connectivity index (χ3v) is 5.17. The van der Waals surface area contributed by atoms with Gasteiger partial charge in [-0.15, -0.1) is 0 Å². The molecule has 3 aromatic rings. The largest absolute Gasteiger partial charge is 0.423 e. The highest BCUT2D eigenvalue weighted by molar-refractivity contribution is 5.98. The number of carbonyl (C=O) groups excluding carboxylic acids is 1. The van der Waals surface area contributed by atoms with E-state index in [0.717, 1.165) is 11.1 Å². The Morgan fingerprint density at radius 1 is 1.00 bits per heavy atom. The summed E-state index contributed by atoms with van der Waals surface area (Å²) in [7, 11) is 0. The highest BCUT2D eigenvalue weighted by Gasteiger charge is 2.23. The number of morpholine rings is 1. The van der Waals surface area contributed by atoms with E-state index in [2.05, 4.69) is 6.07 Å². The van der Waals surface area contributed by atoms with Crippen LogP contribution in [0.4, 0.5) is 11.4 Å². The smallest absolute Gasteiger partial charge is 0.345 e. The number of nitro benzene ring substituents is 1. The predicted molar refractivity (Wildman–Crippen MR) is 118 cm³/mol. The van der Waals surface area contributed by atoms with Gasteiger partial charge in [0.25, 0.3) is 5.69 Å². The summed E-state index contributed by atoms with van der Waals surface area (Å²) in [6.07, 6.45) is 0. The Kier molecular flexibility index (Phi) is 6.10. The molecule has 0 N–H and O–H groups in total. The molecule has 160 valence electrons. The number of ether oxygens (including phenoxy) is 2. The van der Waals surface area contributed by atoms with Crippen molar-refractivity contribution in [3.8, 4) is 22.9 Å². The summed E-state index contributed by atoms with van der Waals surface area (Å²) in [6, 6.07) is 20.4. The van der Waals surface area contributed by atoms with Crippen LogP contribution in [0.15, 0.2) is 66.7 Å². The minimum absolute atomic E-state index is 0.136. The van der Waals surface area contributed by atoms with E-state index in [4.69, 9.17) is 14.7 Å². The van der Waals surface area contributed by atoms with Gasteiger partial charge in [0.05, 0.1) is 41.0 Å². The van der Waals surface area contributed by atoms with E-state index in [9.17, 15) is 14.9 Å². The van der Waals surface area contributed by atoms with Gasteiger partial charge in [-0.05, 0) is 41.5 Å². The molecule has 0 atom stereocenters. The van der Waals surface area contributed by atoms with Gasteiger partial charge in [-0.3, -0.25) is 10.1 Å². The number of anilines is 1. The Balaban J connectivity index is 1.56. The molecule has 8 nitrogen and oxygen atoms in total. The number of benzene rings is 3. The third kappa shape index (κ3) is 4.58. The Morgan fingerprint density at radius 3 is 2.22 bits per heavy atom. The van der Waals surface area contributed by atoms with Gasteiger partial charge < -0.3 is 14.4 Å². The molecule has 8 heteroatoms. The molecule has 4 rings (SSSR count). The highest BCUT2D eigenvalue weighted by atomic mass is 16.6. The average Bonchev–Trinajstić information content (AvgIpc) is 2.84. The second kappa shape index (κ2) is 9.29. The molecule has 3 aromatic carbocycles. The SMILES string of the molecule is N#Cc1ccc(-c2ccc(OC(=O)c3cc([N+](=O)[O-])ccc3N3CCOCC3)cc2)cc1. The maximum atomic E-state index is 12.9. The maximum Gasteiger partial charge on any atom is 0.345 e. The molecule has 0 spiro atoms. The van der Waals surface area contributed by atoms with E-state index in [1.54, 1.807) is 42.5 Å². The lowest BCUT2D eigenvalue weighted by Gasteiger charge is -2.30. The summed E-state index contributed by atoms with van der Waals surface area (Å²) >= 11 is 0. The molecule has 0 aromatic heterocycles. The van der Waals surface area contributed by atoms with Gasteiger partial charge in [0.2, 0.25) is 0 Å². The molecule has 0 amide bonds. The summed E-state index contributed by atoms with van der Waals surface area (Å²) in [5, 5.41) is 20.2. The van der Waals surface area contributed by atoms with Crippen molar-refractivity contribution in [2.24, 2.45) is 0 Å². The number of esters is 1. The van der Waals surface area contributed by atoms with Crippen molar-refractivity contribution in [2.75, 3.05) is 31.2 Å². The molecular formula is C24H19N3O5. The van der Waals surface area contributed by atoms with Gasteiger partial charge in [-0.25, -0.2) is 4.79 Å². The lowest BCUT2D eigenvalue weighted by molar-refractivity contribution is -0.384. The maximum absolute atomic E-state index is 12.9. The van der Waals surface area contributed by atoms with Gasteiger partial charge in [-0.2, -0.15) is 5.26 Å². The first kappa shape index (κ1) is 21.0. The summed E-state index contributed by atoms with van der Waals surface area (Å²) in [5.74, 6) is -0.340. The van der Waals surface area contributed by atoms with Crippen LogP contribution in [0.2, 0.25) is 0 Å². The molecule has 1 aliphatic rings. The summed E-state index contributed by atoms with van der Waals surface area (Å²) < 4.78 is 10.9. The average molecular weight is 429 g/mol. The monoisotopic (exact) mass is 429 g/mol. The van der Waals surface area contributed by atoms with Gasteiger partial charge >= 0.3 is 5.97 Å². The van der Waals surface area contributed by atoms with E-state index in [1.165, 1.54) is 12.1 Å². The zero-order valence-corrected chi connectivity index (χ0v) is 17.1. The van der Waals surface area contributed by atoms with Crippen LogP contribution in [0.3, 0.4) is 0 Å². The standard InChI is InChI=1S/C24H19N3O5/c25-16-17-1-3-18(4-2-17)19-5-8-21(9-6-19)32-24(28)22-15-20(27(29)30)7-10-23(22)26-11-13-31-14-12-26/h1-10,15H,11-14H2. The van der Waals surface area contributed by atoms with Crippen molar-refractivity contribution in [1.82, 2.24) is 0 Å². The van der Waals surface area contributed by atoms with Crippen molar-refractivity contribution in [1.29, 1.82) is 5.26 Å². The number of hydrogen-bond donors (Lipinski definition) is 0. The Hall–Kier alpha value is -4.22. The minimum atomic E-state index is -0.665. The first-order valence-electron chi connectivity index (χ1n) is 9.99. The molecule has 32 heavy (non-hydrogen) atoms. The Morgan fingerprint density at radius 2 is 1.62 bits per heavy atom. The van der Waals surface area contributed by atoms with Crippen molar-refractivity contribution < 1.29 is 19.2 Å². The topological polar surface area (TPSA) is 106 Å². The second-order valence-electron chi connectivity index (χ2n) is 7.16. The number of nitro groups is 1. The summed E-state index contributed by atoms with van der Waals surface area (Å²) in [4.78, 5) is 25.6. The fourth-order valence-corrected chi connectivity index (χ4v) is 3.50. The molecule has 1 heterocycles. The number of nitriles is 1. The van der Waals surface area contributed by atoms with Crippen molar-refractivity contribution in [3.05, 3.63) is 88.0 Å². The number of rotatable bonds is 5. The second-order valence-corrected chi connectivity index (χ2v) is 7.16. The van der Waals surface area contributed by atoms with Gasteiger partial charge in [0.1, 0.15) is 5.75 Å². The number of hydrogen-bond acceptors (Lipinski definition) is 7. The summed E-state index contributed by atoms with van der Waals surface area (Å²) in [6.45, 7) is 2.19. The molecule has 0 radical (unpaired) electrons. The minimum Gasteiger partial charge on any atom is -0.423 e. The molecule has 1 aliphatic heterocycles. The van der Waals surface area contributed by atoms with Crippen molar-refractivity contribution >= 4 is 17.3 Å². The number of nitrogens with zero attached hydrogens (tertiary/aromatic N) is 3. The van der Waals surface area contributed by atoms with E-state index >= 15 is 0 Å². The van der Waals surface area contributed by atoms with Crippen LogP contribution >= 0.6 is 0 Å². The molecular weight excluding hydrogens is 410 g/mol. The lowest BCUT2D eigenvalue weighted by atomic mass is 10.0. The zero-order chi connectivity index (χ0) is 22.5. The molecule has 0 saturated carbocycles. The zero-order valence-electron chi connectivity index (χ0n) is 17.1. The normalized spacial score (nSPS) is 13.3. The lowest BCUT2D eigenvalue weighted by Crippen LogP contribution is -2.37. The fourth-order valence-electron chi connectivity index (χ4n) is 3.50. The van der Waals surface area contributed by atoms with Crippen LogP contribution in [-0.2, 0) is 4.74 Å². The Labute approximate surface area is 184 Å². The highest BCUT2D eigenvalue weighted by Crippen LogP contribution is 2.29. The van der Waals surface area contributed by atoms with E-state index in [0.29, 0.717) is 43.3 Å². The van der Waals surface area contributed by atoms with Crippen LogP contribution in [0.25, 0.3) is 11.1 Å². The van der Waals surface area contributed by atoms with E-state index in [-0.39, 0.29) is 11.3 Å². The third-order valence-electron chi connectivity index (χ3n) is 5.17. The number of carbonyl (C=O) groups is 1. The van der Waals surface area contributed by atoms with Gasteiger partial charge in [0, 0.05) is 25.2 Å². The molecule has 0 aliphatic carbocycles. The Bertz CT molecular complexity index is 1180. The molecule has 1 saturated heterocycles.